The van der Waals surface area contributed by atoms with Crippen LogP contribution in [0.3, 0.4) is 0 Å². The molecule has 0 aromatic heterocycles. The Kier molecular flexibility index (Phi) is 6.27. The SMILES string of the molecule is CCCCN1c2ccccc2C(C)(C)C1C=c1c(=O)c(=CC2N(CC)c3ccccc3N2CC)c1=O. The van der Waals surface area contributed by atoms with Gasteiger partial charge in [0.05, 0.1) is 27.9 Å². The molecule has 2 heterocycles. The van der Waals surface area contributed by atoms with Crippen LogP contribution in [0.25, 0.3) is 12.2 Å². The van der Waals surface area contributed by atoms with Crippen LogP contribution >= 0.6 is 0 Å². The topological polar surface area (TPSA) is 43.9 Å². The monoisotopic (exact) mass is 483 g/mol. The second kappa shape index (κ2) is 9.27. The number of benzene rings is 2. The van der Waals surface area contributed by atoms with Crippen LogP contribution in [0.15, 0.2) is 58.1 Å². The Morgan fingerprint density at radius 1 is 0.750 bits per heavy atom. The van der Waals surface area contributed by atoms with Crippen LogP contribution in [0.1, 0.15) is 53.0 Å². The number of fused-ring (bicyclic) bond motifs is 2. The third-order valence-corrected chi connectivity index (χ3v) is 8.17. The van der Waals surface area contributed by atoms with Gasteiger partial charge in [0.25, 0.3) is 0 Å². The first kappa shape index (κ1) is 24.4. The van der Waals surface area contributed by atoms with Crippen molar-refractivity contribution in [2.75, 3.05) is 34.3 Å². The van der Waals surface area contributed by atoms with E-state index in [-0.39, 0.29) is 28.5 Å². The molecule has 188 valence electrons. The smallest absolute Gasteiger partial charge is 0.200 e. The molecule has 0 saturated carbocycles. The number of nitrogens with zero attached hydrogens (tertiary/aromatic N) is 3. The summed E-state index contributed by atoms with van der Waals surface area (Å²) in [5.41, 5.74) is 4.36. The van der Waals surface area contributed by atoms with Gasteiger partial charge in [0, 0.05) is 30.7 Å². The number of hydrogen-bond donors (Lipinski definition) is 0. The van der Waals surface area contributed by atoms with Crippen molar-refractivity contribution in [3.05, 3.63) is 85.0 Å². The molecule has 3 aromatic rings. The van der Waals surface area contributed by atoms with E-state index in [1.54, 1.807) is 0 Å². The Morgan fingerprint density at radius 2 is 1.28 bits per heavy atom. The van der Waals surface area contributed by atoms with E-state index in [2.05, 4.69) is 85.7 Å². The Morgan fingerprint density at radius 3 is 1.83 bits per heavy atom. The van der Waals surface area contributed by atoms with Gasteiger partial charge in [-0.05, 0) is 56.2 Å². The molecule has 0 spiro atoms. The number of hydrogen-bond acceptors (Lipinski definition) is 5. The summed E-state index contributed by atoms with van der Waals surface area (Å²) in [4.78, 5) is 33.7. The first-order chi connectivity index (χ1) is 17.3. The van der Waals surface area contributed by atoms with E-state index < -0.39 is 0 Å². The quantitative estimate of drug-likeness (QED) is 0.515. The predicted molar refractivity (Wildman–Crippen MR) is 151 cm³/mol. The number of anilines is 3. The third-order valence-electron chi connectivity index (χ3n) is 8.17. The fourth-order valence-electron chi connectivity index (χ4n) is 6.20. The molecular formula is C31H37N3O2. The molecule has 3 aromatic carbocycles. The van der Waals surface area contributed by atoms with Crippen molar-refractivity contribution < 1.29 is 0 Å². The molecule has 0 amide bonds. The number of unbranched alkanes of at least 4 members (excludes halogenated alkanes) is 1. The molecule has 0 radical (unpaired) electrons. The highest BCUT2D eigenvalue weighted by molar-refractivity contribution is 5.80. The zero-order chi connectivity index (χ0) is 25.6. The maximum Gasteiger partial charge on any atom is 0.200 e. The summed E-state index contributed by atoms with van der Waals surface area (Å²) in [5.74, 6) is 0. The van der Waals surface area contributed by atoms with E-state index in [4.69, 9.17) is 0 Å². The lowest BCUT2D eigenvalue weighted by atomic mass is 9.80. The van der Waals surface area contributed by atoms with E-state index >= 15 is 0 Å². The summed E-state index contributed by atoms with van der Waals surface area (Å²) in [6.07, 6.45) is 5.88. The second-order valence-electron chi connectivity index (χ2n) is 10.5. The van der Waals surface area contributed by atoms with E-state index in [9.17, 15) is 9.59 Å². The number of rotatable bonds is 7. The molecule has 2 aliphatic rings. The van der Waals surface area contributed by atoms with Crippen LogP contribution in [0, 0.1) is 0 Å². The fourth-order valence-corrected chi connectivity index (χ4v) is 6.20. The van der Waals surface area contributed by atoms with E-state index in [0.29, 0.717) is 10.4 Å². The summed E-state index contributed by atoms with van der Waals surface area (Å²) in [5, 5.41) is 0.666. The zero-order valence-corrected chi connectivity index (χ0v) is 22.1. The van der Waals surface area contributed by atoms with E-state index in [0.717, 1.165) is 43.9 Å². The van der Waals surface area contributed by atoms with Gasteiger partial charge >= 0.3 is 0 Å². The summed E-state index contributed by atoms with van der Waals surface area (Å²) < 4.78 is 0. The minimum absolute atomic E-state index is 0.0269. The van der Waals surface area contributed by atoms with Crippen molar-refractivity contribution >= 4 is 29.2 Å². The summed E-state index contributed by atoms with van der Waals surface area (Å²) in [6, 6.07) is 16.8. The molecule has 5 rings (SSSR count). The van der Waals surface area contributed by atoms with Gasteiger partial charge < -0.3 is 14.7 Å². The van der Waals surface area contributed by atoms with Gasteiger partial charge in [0.1, 0.15) is 6.17 Å². The molecule has 0 saturated heterocycles. The van der Waals surface area contributed by atoms with E-state index in [1.807, 2.05) is 24.3 Å². The molecule has 2 aliphatic heterocycles. The molecule has 36 heavy (non-hydrogen) atoms. The van der Waals surface area contributed by atoms with Crippen molar-refractivity contribution in [3.8, 4) is 0 Å². The molecule has 5 heteroatoms. The summed E-state index contributed by atoms with van der Waals surface area (Å²) in [7, 11) is 0. The highest BCUT2D eigenvalue weighted by Crippen LogP contribution is 2.45. The average molecular weight is 484 g/mol. The molecule has 0 aliphatic carbocycles. The Balaban J connectivity index is 1.56. The maximum atomic E-state index is 13.4. The van der Waals surface area contributed by atoms with Gasteiger partial charge in [0.2, 0.25) is 10.9 Å². The van der Waals surface area contributed by atoms with Crippen LogP contribution in [0.2, 0.25) is 0 Å². The highest BCUT2D eigenvalue weighted by atomic mass is 16.1. The minimum Gasteiger partial charge on any atom is -0.364 e. The summed E-state index contributed by atoms with van der Waals surface area (Å²) in [6.45, 7) is 13.4. The lowest BCUT2D eigenvalue weighted by Crippen LogP contribution is -2.66. The average Bonchev–Trinajstić information content (AvgIpc) is 3.31. The second-order valence-corrected chi connectivity index (χ2v) is 10.5. The largest absolute Gasteiger partial charge is 0.364 e. The van der Waals surface area contributed by atoms with Crippen molar-refractivity contribution in [3.63, 3.8) is 0 Å². The van der Waals surface area contributed by atoms with Crippen LogP contribution in [-0.2, 0) is 5.41 Å². The minimum atomic E-state index is -0.192. The van der Waals surface area contributed by atoms with Crippen molar-refractivity contribution in [2.45, 2.75) is 65.1 Å². The normalized spacial score (nSPS) is 18.6. The Labute approximate surface area is 213 Å². The van der Waals surface area contributed by atoms with Gasteiger partial charge in [-0.3, -0.25) is 9.59 Å². The standard InChI is InChI=1S/C31H37N3O2/c1-6-9-18-34-24-15-11-10-14-23(24)31(4,5)27(34)19-21-29(35)22(30(21)36)20-28-32(7-2)25-16-12-13-17-26(25)33(28)8-3/h10-17,19-20,27-28H,6-9,18H2,1-5H3. The third kappa shape index (κ3) is 3.59. The molecule has 0 bridgehead atoms. The summed E-state index contributed by atoms with van der Waals surface area (Å²) >= 11 is 0. The maximum absolute atomic E-state index is 13.4. The molecule has 1 atom stereocenters. The highest BCUT2D eigenvalue weighted by Gasteiger charge is 2.43. The van der Waals surface area contributed by atoms with Gasteiger partial charge in [-0.2, -0.15) is 0 Å². The van der Waals surface area contributed by atoms with Crippen molar-refractivity contribution in [2.24, 2.45) is 0 Å². The van der Waals surface area contributed by atoms with Crippen LogP contribution in [0.5, 0.6) is 0 Å². The number of para-hydroxylation sites is 3. The van der Waals surface area contributed by atoms with Gasteiger partial charge in [-0.1, -0.05) is 57.5 Å². The molecule has 5 nitrogen and oxygen atoms in total. The fraction of sp³-hybridized carbons (Fsp3) is 0.419. The molecule has 0 N–H and O–H groups in total. The van der Waals surface area contributed by atoms with Crippen LogP contribution in [-0.4, -0.2) is 31.8 Å². The lowest BCUT2D eigenvalue weighted by Gasteiger charge is -2.32. The van der Waals surface area contributed by atoms with Crippen LogP contribution < -0.4 is 36.0 Å². The first-order valence-corrected chi connectivity index (χ1v) is 13.4. The molecule has 1 unspecified atom stereocenters. The first-order valence-electron chi connectivity index (χ1n) is 13.4. The lowest BCUT2D eigenvalue weighted by molar-refractivity contribution is 0.487. The van der Waals surface area contributed by atoms with Gasteiger partial charge in [-0.15, -0.1) is 0 Å². The molecular weight excluding hydrogens is 446 g/mol. The van der Waals surface area contributed by atoms with Gasteiger partial charge in [0.15, 0.2) is 0 Å². The molecule has 0 fully saturated rings. The Hall–Kier alpha value is -3.34. The predicted octanol–water partition coefficient (Wildman–Crippen LogP) is 3.50. The zero-order valence-electron chi connectivity index (χ0n) is 22.1. The van der Waals surface area contributed by atoms with Gasteiger partial charge in [-0.25, -0.2) is 0 Å². The van der Waals surface area contributed by atoms with Crippen LogP contribution in [0.4, 0.5) is 17.1 Å². The van der Waals surface area contributed by atoms with Crippen molar-refractivity contribution in [1.29, 1.82) is 0 Å². The van der Waals surface area contributed by atoms with Crippen molar-refractivity contribution in [1.82, 2.24) is 0 Å². The Bertz CT molecular complexity index is 1400. The van der Waals surface area contributed by atoms with E-state index in [1.165, 1.54) is 11.3 Å².